The van der Waals surface area contributed by atoms with Crippen molar-refractivity contribution < 1.29 is 55.1 Å². The van der Waals surface area contributed by atoms with Gasteiger partial charge in [0.1, 0.15) is 26.1 Å². The summed E-state index contributed by atoms with van der Waals surface area (Å²) in [5.74, 6) is -2.24. The number of hydrogen-bond acceptors (Lipinski definition) is 7. The van der Waals surface area contributed by atoms with E-state index in [2.05, 4.69) is 0 Å². The Bertz CT molecular complexity index is 355. The van der Waals surface area contributed by atoms with E-state index < -0.39 is 36.3 Å². The molecule has 22 heavy (non-hydrogen) atoms. The van der Waals surface area contributed by atoms with Gasteiger partial charge in [-0.05, 0) is 27.7 Å². The van der Waals surface area contributed by atoms with Crippen LogP contribution in [0, 0.1) is 0 Å². The van der Waals surface area contributed by atoms with Crippen molar-refractivity contribution in [2.45, 2.75) is 52.7 Å². The molecule has 0 amide bonds. The second kappa shape index (κ2) is 12.5. The Morgan fingerprint density at radius 1 is 0.727 bits per heavy atom. The zero-order valence-electron chi connectivity index (χ0n) is 13.3. The van der Waals surface area contributed by atoms with Gasteiger partial charge in [0.05, 0.1) is 12.2 Å². The fourth-order valence-electron chi connectivity index (χ4n) is 1.31. The smallest absolute Gasteiger partial charge is 0.313 e. The van der Waals surface area contributed by atoms with Gasteiger partial charge in [0.25, 0.3) is 0 Å². The first kappa shape index (κ1) is 23.2. The average Bonchev–Trinajstić information content (AvgIpc) is 2.25. The molecule has 0 unspecified atom stereocenters. The summed E-state index contributed by atoms with van der Waals surface area (Å²) in [4.78, 5) is 45.1. The molecule has 0 N–H and O–H groups in total. The third-order valence-electron chi connectivity index (χ3n) is 1.94. The van der Waals surface area contributed by atoms with Crippen LogP contribution >= 0.6 is 0 Å². The van der Waals surface area contributed by atoms with Crippen LogP contribution in [-0.4, -0.2) is 48.9 Å². The second-order valence-corrected chi connectivity index (χ2v) is 5.00. The molecule has 8 heteroatoms. The molecule has 0 saturated carbocycles. The van der Waals surface area contributed by atoms with Gasteiger partial charge < -0.3 is 14.2 Å². The van der Waals surface area contributed by atoms with E-state index in [0.717, 1.165) is 0 Å². The van der Waals surface area contributed by atoms with E-state index in [-0.39, 0.29) is 47.1 Å². The summed E-state index contributed by atoms with van der Waals surface area (Å²) in [7, 11) is 0. The summed E-state index contributed by atoms with van der Waals surface area (Å²) in [6.45, 7) is 5.94. The van der Waals surface area contributed by atoms with Crippen LogP contribution in [0.5, 0.6) is 0 Å². The molecule has 0 aromatic carbocycles. The van der Waals surface area contributed by atoms with Gasteiger partial charge in [-0.15, -0.1) is 0 Å². The molecule has 124 valence electrons. The molecule has 7 nitrogen and oxygen atoms in total. The first-order valence-corrected chi connectivity index (χ1v) is 6.70. The monoisotopic (exact) mass is 350 g/mol. The van der Waals surface area contributed by atoms with Crippen LogP contribution in [0.25, 0.3) is 0 Å². The summed E-state index contributed by atoms with van der Waals surface area (Å²) in [6, 6.07) is 0. The van der Waals surface area contributed by atoms with Crippen molar-refractivity contribution in [3.05, 3.63) is 0 Å². The van der Waals surface area contributed by atoms with Gasteiger partial charge in [0, 0.05) is 21.7 Å². The summed E-state index contributed by atoms with van der Waals surface area (Å²) < 4.78 is 14.4. The Hall–Kier alpha value is -1.05. The summed E-state index contributed by atoms with van der Waals surface area (Å²) in [5.41, 5.74) is 0. The first-order valence-electron chi connectivity index (χ1n) is 6.70. The maximum Gasteiger partial charge on any atom is 0.313 e. The van der Waals surface area contributed by atoms with E-state index in [1.165, 1.54) is 0 Å². The van der Waals surface area contributed by atoms with E-state index >= 15 is 0 Å². The maximum absolute atomic E-state index is 11.4. The molecule has 0 saturated heterocycles. The number of carbonyl (C=O) groups excluding carboxylic acids is 4. The normalized spacial score (nSPS) is 10.1. The predicted octanol–water partition coefficient (Wildman–Crippen LogP) is 0.822. The number of ether oxygens (including phenoxy) is 3. The number of carbonyl (C=O) groups is 4. The van der Waals surface area contributed by atoms with E-state index in [1.807, 2.05) is 0 Å². The van der Waals surface area contributed by atoms with E-state index in [0.29, 0.717) is 0 Å². The zero-order chi connectivity index (χ0) is 16.4. The predicted molar refractivity (Wildman–Crippen MR) is 72.5 cm³/mol. The van der Waals surface area contributed by atoms with Gasteiger partial charge in [0.15, 0.2) is 11.6 Å². The SMILES string of the molecule is CC(C)OC(=O)CC(=O)COCC(=O)CC(=O)OC(C)C.[Ti]. The van der Waals surface area contributed by atoms with Crippen molar-refractivity contribution in [1.29, 1.82) is 0 Å². The van der Waals surface area contributed by atoms with Crippen LogP contribution in [0.1, 0.15) is 40.5 Å². The van der Waals surface area contributed by atoms with Crippen LogP contribution in [-0.2, 0) is 55.1 Å². The van der Waals surface area contributed by atoms with Crippen LogP contribution in [0.15, 0.2) is 0 Å². The van der Waals surface area contributed by atoms with Gasteiger partial charge in [0.2, 0.25) is 0 Å². The third-order valence-corrected chi connectivity index (χ3v) is 1.94. The Labute approximate surface area is 144 Å². The molecule has 0 heterocycles. The van der Waals surface area contributed by atoms with Gasteiger partial charge in [-0.2, -0.15) is 0 Å². The molecular formula is C14H22O7Ti. The quantitative estimate of drug-likeness (QED) is 0.327. The number of esters is 2. The molecule has 0 radical (unpaired) electrons. The van der Waals surface area contributed by atoms with Crippen LogP contribution in [0.3, 0.4) is 0 Å². The summed E-state index contributed by atoms with van der Waals surface area (Å²) >= 11 is 0. The molecule has 0 rings (SSSR count). The van der Waals surface area contributed by atoms with Crippen molar-refractivity contribution in [1.82, 2.24) is 0 Å². The van der Waals surface area contributed by atoms with E-state index in [1.54, 1.807) is 27.7 Å². The van der Waals surface area contributed by atoms with Gasteiger partial charge in [-0.3, -0.25) is 19.2 Å². The van der Waals surface area contributed by atoms with E-state index in [9.17, 15) is 19.2 Å². The minimum atomic E-state index is -0.634. The van der Waals surface area contributed by atoms with Gasteiger partial charge in [-0.25, -0.2) is 0 Å². The molecule has 0 spiro atoms. The molecule has 0 bridgehead atoms. The number of Topliss-reactive ketones (excluding diaryl/α,β-unsaturated/α-hetero) is 2. The standard InChI is InChI=1S/C14H22O7.Ti/c1-9(2)20-13(17)5-11(15)7-19-8-12(16)6-14(18)21-10(3)4;/h9-10H,5-8H2,1-4H3;. The molecule has 0 aromatic rings. The third kappa shape index (κ3) is 13.9. The number of rotatable bonds is 10. The Morgan fingerprint density at radius 3 is 1.32 bits per heavy atom. The largest absolute Gasteiger partial charge is 0.463 e. The van der Waals surface area contributed by atoms with Crippen molar-refractivity contribution >= 4 is 23.5 Å². The second-order valence-electron chi connectivity index (χ2n) is 5.00. The molecule has 0 fully saturated rings. The van der Waals surface area contributed by atoms with E-state index in [4.69, 9.17) is 14.2 Å². The number of hydrogen-bond donors (Lipinski definition) is 0. The van der Waals surface area contributed by atoms with Crippen molar-refractivity contribution in [3.8, 4) is 0 Å². The maximum atomic E-state index is 11.4. The minimum Gasteiger partial charge on any atom is -0.463 e. The van der Waals surface area contributed by atoms with Gasteiger partial charge >= 0.3 is 11.9 Å². The Morgan fingerprint density at radius 2 is 1.05 bits per heavy atom. The molecule has 0 aliphatic carbocycles. The van der Waals surface area contributed by atoms with Crippen LogP contribution in [0.4, 0.5) is 0 Å². The van der Waals surface area contributed by atoms with Crippen molar-refractivity contribution in [2.75, 3.05) is 13.2 Å². The molecule has 0 aliphatic rings. The van der Waals surface area contributed by atoms with Crippen molar-refractivity contribution in [3.63, 3.8) is 0 Å². The molecule has 0 aromatic heterocycles. The number of ketones is 2. The van der Waals surface area contributed by atoms with Crippen LogP contribution in [0.2, 0.25) is 0 Å². The topological polar surface area (TPSA) is 96.0 Å². The van der Waals surface area contributed by atoms with Crippen molar-refractivity contribution in [2.24, 2.45) is 0 Å². The average molecular weight is 350 g/mol. The summed E-state index contributed by atoms with van der Waals surface area (Å²) in [5, 5.41) is 0. The van der Waals surface area contributed by atoms with Gasteiger partial charge in [-0.1, -0.05) is 0 Å². The molecule has 0 aliphatic heterocycles. The summed E-state index contributed by atoms with van der Waals surface area (Å²) in [6.07, 6.45) is -1.39. The minimum absolute atomic E-state index is 0. The Balaban J connectivity index is 0. The fraction of sp³-hybridized carbons (Fsp3) is 0.714. The van der Waals surface area contributed by atoms with Crippen LogP contribution < -0.4 is 0 Å². The molecule has 0 atom stereocenters. The first-order chi connectivity index (χ1) is 9.70. The Kier molecular flexibility index (Phi) is 13.2. The molecular weight excluding hydrogens is 328 g/mol. The fourth-order valence-corrected chi connectivity index (χ4v) is 1.31. The zero-order valence-corrected chi connectivity index (χ0v) is 14.9.